The summed E-state index contributed by atoms with van der Waals surface area (Å²) >= 11 is 0. The van der Waals surface area contributed by atoms with Gasteiger partial charge in [0.2, 0.25) is 5.95 Å². The van der Waals surface area contributed by atoms with Crippen LogP contribution < -0.4 is 14.8 Å². The molecule has 8 heteroatoms. The fraction of sp³-hybridized carbons (Fsp3) is 0.444. The number of aromatic nitrogens is 3. The van der Waals surface area contributed by atoms with E-state index in [1.165, 1.54) is 12.7 Å². The molecule has 0 unspecified atom stereocenters. The summed E-state index contributed by atoms with van der Waals surface area (Å²) in [5.41, 5.74) is 0.213. The van der Waals surface area contributed by atoms with Crippen LogP contribution in [-0.4, -0.2) is 39.1 Å². The molecule has 1 aliphatic carbocycles. The Balaban J connectivity index is 1.44. The van der Waals surface area contributed by atoms with Gasteiger partial charge in [-0.05, 0) is 37.8 Å². The number of benzene rings is 1. The Morgan fingerprint density at radius 2 is 2.15 bits per heavy atom. The highest BCUT2D eigenvalue weighted by Crippen LogP contribution is 2.42. The van der Waals surface area contributed by atoms with Crippen molar-refractivity contribution < 1.29 is 19.1 Å². The lowest BCUT2D eigenvalue weighted by Crippen LogP contribution is -2.43. The summed E-state index contributed by atoms with van der Waals surface area (Å²) in [4.78, 5) is 28.2. The van der Waals surface area contributed by atoms with Crippen LogP contribution in [0.25, 0.3) is 0 Å². The number of rotatable bonds is 4. The second kappa shape index (κ2) is 6.78. The van der Waals surface area contributed by atoms with Gasteiger partial charge in [-0.1, -0.05) is 6.42 Å². The second-order valence-corrected chi connectivity index (χ2v) is 6.77. The minimum atomic E-state index is -0.370. The molecule has 1 fully saturated rings. The van der Waals surface area contributed by atoms with E-state index in [1.54, 1.807) is 18.2 Å². The molecule has 4 rings (SSSR count). The molecule has 1 amide bonds. The third-order valence-corrected chi connectivity index (χ3v) is 4.87. The SMILES string of the molecule is O=C(COc1ccc2c(c1)OC1(CCCCC1)CC2=O)Nc1ncn[nH]1. The van der Waals surface area contributed by atoms with Crippen molar-refractivity contribution in [2.75, 3.05) is 11.9 Å². The summed E-state index contributed by atoms with van der Waals surface area (Å²) in [6.45, 7) is -0.182. The van der Waals surface area contributed by atoms with Crippen LogP contribution in [0.4, 0.5) is 5.95 Å². The maximum atomic E-state index is 12.5. The van der Waals surface area contributed by atoms with Gasteiger partial charge in [-0.25, -0.2) is 5.10 Å². The van der Waals surface area contributed by atoms with Gasteiger partial charge in [0.05, 0.1) is 12.0 Å². The third kappa shape index (κ3) is 3.40. The number of nitrogens with one attached hydrogen (secondary N) is 2. The molecule has 1 aliphatic heterocycles. The quantitative estimate of drug-likeness (QED) is 0.872. The van der Waals surface area contributed by atoms with Gasteiger partial charge in [0, 0.05) is 6.07 Å². The maximum absolute atomic E-state index is 12.5. The van der Waals surface area contributed by atoms with E-state index in [4.69, 9.17) is 9.47 Å². The first-order valence-electron chi connectivity index (χ1n) is 8.78. The normalized spacial score (nSPS) is 18.1. The largest absolute Gasteiger partial charge is 0.486 e. The number of ether oxygens (including phenoxy) is 2. The minimum Gasteiger partial charge on any atom is -0.486 e. The van der Waals surface area contributed by atoms with Gasteiger partial charge in [-0.2, -0.15) is 10.1 Å². The van der Waals surface area contributed by atoms with Gasteiger partial charge >= 0.3 is 0 Å². The van der Waals surface area contributed by atoms with Crippen LogP contribution in [0.3, 0.4) is 0 Å². The molecular formula is C18H20N4O4. The van der Waals surface area contributed by atoms with Crippen LogP contribution in [0.5, 0.6) is 11.5 Å². The summed E-state index contributed by atoms with van der Waals surface area (Å²) in [5, 5.41) is 8.72. The van der Waals surface area contributed by atoms with Crippen molar-refractivity contribution in [2.45, 2.75) is 44.1 Å². The lowest BCUT2D eigenvalue weighted by molar-refractivity contribution is -0.118. The minimum absolute atomic E-state index is 0.114. The molecular weight excluding hydrogens is 336 g/mol. The van der Waals surface area contributed by atoms with E-state index in [1.807, 2.05) is 0 Å². The third-order valence-electron chi connectivity index (χ3n) is 4.87. The molecule has 2 N–H and O–H groups in total. The molecule has 1 aromatic heterocycles. The molecule has 2 aromatic rings. The molecule has 0 bridgehead atoms. The molecule has 26 heavy (non-hydrogen) atoms. The predicted octanol–water partition coefficient (Wildman–Crippen LogP) is 2.49. The van der Waals surface area contributed by atoms with Crippen molar-refractivity contribution in [3.8, 4) is 11.5 Å². The van der Waals surface area contributed by atoms with Crippen LogP contribution in [-0.2, 0) is 4.79 Å². The Morgan fingerprint density at radius 1 is 1.31 bits per heavy atom. The fourth-order valence-electron chi connectivity index (χ4n) is 3.62. The summed E-state index contributed by atoms with van der Waals surface area (Å²) in [6, 6.07) is 5.09. The van der Waals surface area contributed by atoms with Crippen molar-refractivity contribution in [1.82, 2.24) is 15.2 Å². The summed E-state index contributed by atoms with van der Waals surface area (Å²) in [5.74, 6) is 1.05. The monoisotopic (exact) mass is 356 g/mol. The molecule has 0 radical (unpaired) electrons. The molecule has 1 spiro atoms. The molecule has 0 atom stereocenters. The van der Waals surface area contributed by atoms with Gasteiger partial charge < -0.3 is 9.47 Å². The number of ketones is 1. The van der Waals surface area contributed by atoms with Crippen LogP contribution in [0, 0.1) is 0 Å². The number of hydrogen-bond donors (Lipinski definition) is 2. The van der Waals surface area contributed by atoms with E-state index >= 15 is 0 Å². The Kier molecular flexibility index (Phi) is 4.32. The van der Waals surface area contributed by atoms with Gasteiger partial charge in [0.1, 0.15) is 23.4 Å². The van der Waals surface area contributed by atoms with E-state index in [2.05, 4.69) is 20.5 Å². The lowest BCUT2D eigenvalue weighted by atomic mass is 9.78. The molecule has 2 aliphatic rings. The molecule has 8 nitrogen and oxygen atoms in total. The molecule has 1 saturated carbocycles. The first-order valence-corrected chi connectivity index (χ1v) is 8.78. The Labute approximate surface area is 150 Å². The van der Waals surface area contributed by atoms with E-state index in [0.717, 1.165) is 25.7 Å². The first-order chi connectivity index (χ1) is 12.6. The summed E-state index contributed by atoms with van der Waals surface area (Å²) < 4.78 is 11.8. The fourth-order valence-corrected chi connectivity index (χ4v) is 3.62. The second-order valence-electron chi connectivity index (χ2n) is 6.77. The number of fused-ring (bicyclic) bond motifs is 1. The van der Waals surface area contributed by atoms with Gasteiger partial charge in [-0.15, -0.1) is 0 Å². The van der Waals surface area contributed by atoms with E-state index in [9.17, 15) is 9.59 Å². The number of carbonyl (C=O) groups excluding carboxylic acids is 2. The summed E-state index contributed by atoms with van der Waals surface area (Å²) in [6.07, 6.45) is 6.91. The van der Waals surface area contributed by atoms with Crippen LogP contribution in [0.2, 0.25) is 0 Å². The number of anilines is 1. The number of H-pyrrole nitrogens is 1. The van der Waals surface area contributed by atoms with E-state index < -0.39 is 0 Å². The highest BCUT2D eigenvalue weighted by Gasteiger charge is 2.41. The van der Waals surface area contributed by atoms with Crippen LogP contribution >= 0.6 is 0 Å². The zero-order chi connectivity index (χ0) is 18.0. The number of hydrogen-bond acceptors (Lipinski definition) is 6. The van der Waals surface area contributed by atoms with Gasteiger partial charge in [0.25, 0.3) is 5.91 Å². The number of aromatic amines is 1. The Morgan fingerprint density at radius 3 is 2.92 bits per heavy atom. The number of Topliss-reactive ketones (excluding diaryl/α,β-unsaturated/α-hetero) is 1. The molecule has 136 valence electrons. The number of nitrogens with zero attached hydrogens (tertiary/aromatic N) is 2. The van der Waals surface area contributed by atoms with Crippen molar-refractivity contribution >= 4 is 17.6 Å². The van der Waals surface area contributed by atoms with Crippen molar-refractivity contribution in [2.24, 2.45) is 0 Å². The molecule has 0 saturated heterocycles. The average Bonchev–Trinajstić information content (AvgIpc) is 3.13. The van der Waals surface area contributed by atoms with Crippen molar-refractivity contribution in [1.29, 1.82) is 0 Å². The zero-order valence-corrected chi connectivity index (χ0v) is 14.3. The van der Waals surface area contributed by atoms with Crippen LogP contribution in [0.15, 0.2) is 24.5 Å². The van der Waals surface area contributed by atoms with Gasteiger partial charge in [0.15, 0.2) is 12.4 Å². The maximum Gasteiger partial charge on any atom is 0.264 e. The Bertz CT molecular complexity index is 813. The van der Waals surface area contributed by atoms with Crippen LogP contribution in [0.1, 0.15) is 48.9 Å². The topological polar surface area (TPSA) is 106 Å². The highest BCUT2D eigenvalue weighted by molar-refractivity contribution is 6.00. The van der Waals surface area contributed by atoms with Gasteiger partial charge in [-0.3, -0.25) is 14.9 Å². The predicted molar refractivity (Wildman–Crippen MR) is 92.3 cm³/mol. The Hall–Kier alpha value is -2.90. The highest BCUT2D eigenvalue weighted by atomic mass is 16.5. The smallest absolute Gasteiger partial charge is 0.264 e. The average molecular weight is 356 g/mol. The molecule has 1 aromatic carbocycles. The lowest BCUT2D eigenvalue weighted by Gasteiger charge is -2.40. The standard InChI is InChI=1S/C18H20N4O4/c23-14-9-18(6-2-1-3-7-18)26-15-8-12(4-5-13(14)15)25-10-16(24)21-17-19-11-20-22-17/h4-5,8,11H,1-3,6-7,9-10H2,(H2,19,20,21,22,24). The summed E-state index contributed by atoms with van der Waals surface area (Å²) in [7, 11) is 0. The number of carbonyl (C=O) groups is 2. The van der Waals surface area contributed by atoms with Crippen molar-refractivity contribution in [3.05, 3.63) is 30.1 Å². The van der Waals surface area contributed by atoms with E-state index in [0.29, 0.717) is 23.5 Å². The first kappa shape index (κ1) is 16.6. The molecule has 2 heterocycles. The van der Waals surface area contributed by atoms with Crippen molar-refractivity contribution in [3.63, 3.8) is 0 Å². The van der Waals surface area contributed by atoms with E-state index in [-0.39, 0.29) is 29.8 Å². The number of amides is 1. The zero-order valence-electron chi connectivity index (χ0n) is 14.3.